The molecule has 1 heterocycles. The molecule has 2 N–H and O–H groups in total. The lowest BCUT2D eigenvalue weighted by Gasteiger charge is -2.09. The van der Waals surface area contributed by atoms with E-state index in [1.165, 1.54) is 19.3 Å². The fourth-order valence-corrected chi connectivity index (χ4v) is 2.26. The van der Waals surface area contributed by atoms with Gasteiger partial charge in [0.1, 0.15) is 0 Å². The predicted octanol–water partition coefficient (Wildman–Crippen LogP) is 1.69. The van der Waals surface area contributed by atoms with Crippen LogP contribution in [0.15, 0.2) is 0 Å². The van der Waals surface area contributed by atoms with Crippen LogP contribution in [-0.2, 0) is 24.2 Å². The summed E-state index contributed by atoms with van der Waals surface area (Å²) in [6, 6.07) is 0. The van der Waals surface area contributed by atoms with Crippen LogP contribution >= 0.6 is 0 Å². The van der Waals surface area contributed by atoms with Gasteiger partial charge in [-0.1, -0.05) is 31.9 Å². The number of rotatable bonds is 8. The molecular weight excluding hydrogens is 240 g/mol. The molecule has 0 atom stereocenters. The first-order valence-corrected chi connectivity index (χ1v) is 7.25. The lowest BCUT2D eigenvalue weighted by Crippen LogP contribution is -2.16. The van der Waals surface area contributed by atoms with Crippen molar-refractivity contribution in [2.24, 2.45) is 17.6 Å². The summed E-state index contributed by atoms with van der Waals surface area (Å²) in [5, 5.41) is 8.35. The summed E-state index contributed by atoms with van der Waals surface area (Å²) < 4.78 is 1.99. The van der Waals surface area contributed by atoms with E-state index in [9.17, 15) is 4.79 Å². The minimum Gasteiger partial charge on any atom is -0.369 e. The molecule has 2 rings (SSSR count). The molecule has 0 unspecified atom stereocenters. The Hall–Kier alpha value is -1.39. The molecule has 5 nitrogen and oxygen atoms in total. The van der Waals surface area contributed by atoms with Crippen molar-refractivity contribution in [3.8, 4) is 0 Å². The molecule has 19 heavy (non-hydrogen) atoms. The number of hydrogen-bond donors (Lipinski definition) is 1. The largest absolute Gasteiger partial charge is 0.369 e. The molecule has 0 bridgehead atoms. The third-order valence-corrected chi connectivity index (χ3v) is 3.66. The standard InChI is InChI=1S/C14H24N4O/c1-10(2)3-6-13-12(9-14(15)19)16-17-18(13)8-7-11-4-5-11/h10-11H,3-9H2,1-2H3,(H2,15,19). The van der Waals surface area contributed by atoms with Crippen molar-refractivity contribution in [1.29, 1.82) is 0 Å². The first kappa shape index (κ1) is 14.0. The highest BCUT2D eigenvalue weighted by atomic mass is 16.1. The van der Waals surface area contributed by atoms with Gasteiger partial charge in [-0.2, -0.15) is 0 Å². The van der Waals surface area contributed by atoms with Crippen LogP contribution in [0, 0.1) is 11.8 Å². The molecule has 106 valence electrons. The molecule has 1 aromatic rings. The fraction of sp³-hybridized carbons (Fsp3) is 0.786. The molecule has 0 radical (unpaired) electrons. The van der Waals surface area contributed by atoms with E-state index in [-0.39, 0.29) is 12.3 Å². The van der Waals surface area contributed by atoms with Crippen molar-refractivity contribution in [1.82, 2.24) is 15.0 Å². The van der Waals surface area contributed by atoms with Gasteiger partial charge in [-0.3, -0.25) is 4.79 Å². The number of carbonyl (C=O) groups excluding carboxylic acids is 1. The quantitative estimate of drug-likeness (QED) is 0.776. The highest BCUT2D eigenvalue weighted by Crippen LogP contribution is 2.32. The van der Waals surface area contributed by atoms with Crippen molar-refractivity contribution in [3.05, 3.63) is 11.4 Å². The first-order valence-electron chi connectivity index (χ1n) is 7.25. The van der Waals surface area contributed by atoms with Gasteiger partial charge >= 0.3 is 0 Å². The Balaban J connectivity index is 2.05. The summed E-state index contributed by atoms with van der Waals surface area (Å²) in [6.07, 6.45) is 6.10. The number of hydrogen-bond acceptors (Lipinski definition) is 3. The van der Waals surface area contributed by atoms with Gasteiger partial charge in [0, 0.05) is 6.54 Å². The SMILES string of the molecule is CC(C)CCc1c(CC(N)=O)nnn1CCC1CC1. The zero-order valence-corrected chi connectivity index (χ0v) is 11.9. The molecule has 0 saturated heterocycles. The maximum Gasteiger partial charge on any atom is 0.223 e. The Morgan fingerprint density at radius 3 is 2.79 bits per heavy atom. The molecule has 1 aliphatic rings. The van der Waals surface area contributed by atoms with Gasteiger partial charge in [0.25, 0.3) is 0 Å². The van der Waals surface area contributed by atoms with Crippen LogP contribution in [0.5, 0.6) is 0 Å². The molecule has 0 aromatic carbocycles. The smallest absolute Gasteiger partial charge is 0.223 e. The van der Waals surface area contributed by atoms with E-state index in [0.717, 1.165) is 36.7 Å². The van der Waals surface area contributed by atoms with Crippen LogP contribution in [0.2, 0.25) is 0 Å². The highest BCUT2D eigenvalue weighted by Gasteiger charge is 2.22. The first-order chi connectivity index (χ1) is 9.06. The van der Waals surface area contributed by atoms with Crippen LogP contribution in [0.4, 0.5) is 0 Å². The predicted molar refractivity (Wildman–Crippen MR) is 73.4 cm³/mol. The second-order valence-electron chi connectivity index (χ2n) is 6.01. The Kier molecular flexibility index (Phi) is 4.56. The lowest BCUT2D eigenvalue weighted by molar-refractivity contribution is -0.117. The number of amides is 1. The van der Waals surface area contributed by atoms with Gasteiger partial charge in [-0.15, -0.1) is 5.10 Å². The van der Waals surface area contributed by atoms with E-state index in [1.807, 2.05) is 4.68 Å². The minimum absolute atomic E-state index is 0.205. The summed E-state index contributed by atoms with van der Waals surface area (Å²) in [5.74, 6) is 1.18. The van der Waals surface area contributed by atoms with Crippen LogP contribution in [-0.4, -0.2) is 20.9 Å². The second-order valence-corrected chi connectivity index (χ2v) is 6.01. The molecule has 0 spiro atoms. The Labute approximate surface area is 114 Å². The van der Waals surface area contributed by atoms with E-state index >= 15 is 0 Å². The maximum atomic E-state index is 11.1. The van der Waals surface area contributed by atoms with E-state index in [4.69, 9.17) is 5.73 Å². The van der Waals surface area contributed by atoms with Crippen LogP contribution in [0.1, 0.15) is 50.9 Å². The Bertz CT molecular complexity index is 435. The molecule has 1 fully saturated rings. The fourth-order valence-electron chi connectivity index (χ4n) is 2.26. The molecular formula is C14H24N4O. The second kappa shape index (κ2) is 6.17. The third kappa shape index (κ3) is 4.33. The topological polar surface area (TPSA) is 73.8 Å². The molecule has 1 aliphatic carbocycles. The molecule has 1 saturated carbocycles. The highest BCUT2D eigenvalue weighted by molar-refractivity contribution is 5.76. The van der Waals surface area contributed by atoms with Crippen molar-refractivity contribution in [3.63, 3.8) is 0 Å². The van der Waals surface area contributed by atoms with Gasteiger partial charge in [-0.05, 0) is 31.1 Å². The van der Waals surface area contributed by atoms with Crippen molar-refractivity contribution >= 4 is 5.91 Å². The van der Waals surface area contributed by atoms with Crippen LogP contribution in [0.3, 0.4) is 0 Å². The number of nitrogens with zero attached hydrogens (tertiary/aromatic N) is 3. The number of aromatic nitrogens is 3. The molecule has 5 heteroatoms. The Morgan fingerprint density at radius 1 is 1.47 bits per heavy atom. The van der Waals surface area contributed by atoms with Crippen molar-refractivity contribution in [2.45, 2.75) is 58.9 Å². The monoisotopic (exact) mass is 264 g/mol. The molecule has 1 amide bonds. The summed E-state index contributed by atoms with van der Waals surface area (Å²) in [4.78, 5) is 11.1. The average Bonchev–Trinajstić information content (AvgIpc) is 3.07. The summed E-state index contributed by atoms with van der Waals surface area (Å²) in [5.41, 5.74) is 7.15. The lowest BCUT2D eigenvalue weighted by atomic mass is 10.0. The zero-order chi connectivity index (χ0) is 13.8. The van der Waals surface area contributed by atoms with E-state index in [0.29, 0.717) is 5.92 Å². The third-order valence-electron chi connectivity index (χ3n) is 3.66. The van der Waals surface area contributed by atoms with Crippen LogP contribution < -0.4 is 5.73 Å². The average molecular weight is 264 g/mol. The summed E-state index contributed by atoms with van der Waals surface area (Å²) in [6.45, 7) is 5.32. The van der Waals surface area contributed by atoms with Gasteiger partial charge < -0.3 is 5.73 Å². The summed E-state index contributed by atoms with van der Waals surface area (Å²) >= 11 is 0. The normalized spacial score (nSPS) is 15.1. The molecule has 0 aliphatic heterocycles. The van der Waals surface area contributed by atoms with Crippen LogP contribution in [0.25, 0.3) is 0 Å². The maximum absolute atomic E-state index is 11.1. The number of nitrogens with two attached hydrogens (primary N) is 1. The Morgan fingerprint density at radius 2 is 2.21 bits per heavy atom. The number of aryl methyl sites for hydroxylation is 1. The van der Waals surface area contributed by atoms with E-state index in [1.54, 1.807) is 0 Å². The van der Waals surface area contributed by atoms with E-state index in [2.05, 4.69) is 24.2 Å². The minimum atomic E-state index is -0.333. The van der Waals surface area contributed by atoms with E-state index < -0.39 is 0 Å². The zero-order valence-electron chi connectivity index (χ0n) is 11.9. The van der Waals surface area contributed by atoms with Crippen molar-refractivity contribution in [2.75, 3.05) is 0 Å². The number of primary amides is 1. The summed E-state index contributed by atoms with van der Waals surface area (Å²) in [7, 11) is 0. The van der Waals surface area contributed by atoms with Gasteiger partial charge in [-0.25, -0.2) is 4.68 Å². The van der Waals surface area contributed by atoms with Gasteiger partial charge in [0.15, 0.2) is 0 Å². The number of carbonyl (C=O) groups is 1. The van der Waals surface area contributed by atoms with Gasteiger partial charge in [0.05, 0.1) is 17.8 Å². The van der Waals surface area contributed by atoms with Gasteiger partial charge in [0.2, 0.25) is 5.91 Å². The van der Waals surface area contributed by atoms with Crippen molar-refractivity contribution < 1.29 is 4.79 Å². The molecule has 1 aromatic heterocycles.